The minimum absolute atomic E-state index is 0.298. The molecule has 2 N–H and O–H groups in total. The minimum atomic E-state index is -3.69. The van der Waals surface area contributed by atoms with Gasteiger partial charge in [0.1, 0.15) is 0 Å². The Morgan fingerprint density at radius 3 is 2.54 bits per heavy atom. The molecule has 2 fully saturated rings. The van der Waals surface area contributed by atoms with Crippen LogP contribution in [0.1, 0.15) is 44.9 Å². The summed E-state index contributed by atoms with van der Waals surface area (Å²) in [6.45, 7) is 11.6. The van der Waals surface area contributed by atoms with E-state index < -0.39 is 10.0 Å². The summed E-state index contributed by atoms with van der Waals surface area (Å²) in [5.41, 5.74) is 2.49. The second kappa shape index (κ2) is 8.16. The van der Waals surface area contributed by atoms with Crippen molar-refractivity contribution < 1.29 is 8.42 Å². The predicted molar refractivity (Wildman–Crippen MR) is 142 cm³/mol. The highest BCUT2D eigenvalue weighted by Gasteiger charge is 2.44. The second-order valence-electron chi connectivity index (χ2n) is 10.6. The lowest BCUT2D eigenvalue weighted by molar-refractivity contribution is 0.407. The van der Waals surface area contributed by atoms with Crippen molar-refractivity contribution in [2.45, 2.75) is 69.5 Å². The number of nitrogens with zero attached hydrogens (tertiary/aromatic N) is 5. The molecule has 0 spiro atoms. The van der Waals surface area contributed by atoms with Crippen LogP contribution in [0.3, 0.4) is 0 Å². The van der Waals surface area contributed by atoms with Crippen LogP contribution in [-0.2, 0) is 10.0 Å². The maximum atomic E-state index is 13.6. The largest absolute Gasteiger partial charge is 0.367 e. The highest BCUT2D eigenvalue weighted by molar-refractivity contribution is 7.89. The standard InChI is InChI=1S/C24H33N7O2S2/c1-15-13-29(14-16(2)27-15)19-10-18(35(32,33)28-24(4)6-7-24)11-20-21(19)30-9-5-8-25-22(30)31(20)23-26-12-17(3)34-23/h10-12,15-16,27-28H,5-9,13-14H2,1-4H3. The van der Waals surface area contributed by atoms with Crippen molar-refractivity contribution in [3.05, 3.63) is 23.2 Å². The van der Waals surface area contributed by atoms with Gasteiger partial charge in [-0.25, -0.2) is 18.1 Å². The molecule has 6 rings (SSSR count). The van der Waals surface area contributed by atoms with Crippen molar-refractivity contribution in [3.63, 3.8) is 0 Å². The van der Waals surface area contributed by atoms with E-state index in [1.165, 1.54) is 0 Å². The molecule has 1 aliphatic carbocycles. The first-order valence-electron chi connectivity index (χ1n) is 12.4. The third-order valence-corrected chi connectivity index (χ3v) is 9.69. The van der Waals surface area contributed by atoms with Gasteiger partial charge in [-0.05, 0) is 59.1 Å². The quantitative estimate of drug-likeness (QED) is 0.632. The van der Waals surface area contributed by atoms with Gasteiger partial charge in [-0.2, -0.15) is 0 Å². The van der Waals surface area contributed by atoms with Crippen LogP contribution in [-0.4, -0.2) is 63.2 Å². The summed E-state index contributed by atoms with van der Waals surface area (Å²) in [4.78, 5) is 17.6. The molecule has 3 aliphatic heterocycles. The first kappa shape index (κ1) is 23.2. The smallest absolute Gasteiger partial charge is 0.241 e. The molecule has 1 aromatic heterocycles. The zero-order valence-electron chi connectivity index (χ0n) is 20.7. The number of nitrogens with one attached hydrogen (secondary N) is 2. The van der Waals surface area contributed by atoms with Crippen molar-refractivity contribution in [2.75, 3.05) is 40.9 Å². The normalized spacial score (nSPS) is 25.4. The fraction of sp³-hybridized carbons (Fsp3) is 0.583. The average molecular weight is 516 g/mol. The number of aromatic nitrogens is 1. The third kappa shape index (κ3) is 4.12. The molecule has 2 atom stereocenters. The first-order chi connectivity index (χ1) is 16.6. The topological polar surface area (TPSA) is 93.2 Å². The van der Waals surface area contributed by atoms with Gasteiger partial charge in [0.25, 0.3) is 0 Å². The van der Waals surface area contributed by atoms with Gasteiger partial charge < -0.3 is 15.1 Å². The van der Waals surface area contributed by atoms with Crippen molar-refractivity contribution in [1.82, 2.24) is 15.0 Å². The van der Waals surface area contributed by atoms with Crippen LogP contribution in [0.2, 0.25) is 0 Å². The molecule has 35 heavy (non-hydrogen) atoms. The molecule has 11 heteroatoms. The highest BCUT2D eigenvalue weighted by atomic mass is 32.2. The molecule has 1 aromatic carbocycles. The maximum absolute atomic E-state index is 13.6. The van der Waals surface area contributed by atoms with Gasteiger partial charge in [-0.1, -0.05) is 0 Å². The third-order valence-electron chi connectivity index (χ3n) is 7.18. The highest BCUT2D eigenvalue weighted by Crippen LogP contribution is 2.51. The van der Waals surface area contributed by atoms with E-state index in [2.05, 4.69) is 43.6 Å². The molecular formula is C24H33N7O2S2. The summed E-state index contributed by atoms with van der Waals surface area (Å²) in [7, 11) is -3.69. The van der Waals surface area contributed by atoms with E-state index in [1.54, 1.807) is 11.3 Å². The SMILES string of the molecule is Cc1cnc(N2C3=NCCCN3c3c(N4CC(C)NC(C)C4)cc(S(=O)(=O)NC4(C)CC4)cc32)s1. The number of piperazine rings is 1. The molecular weight excluding hydrogens is 482 g/mol. The summed E-state index contributed by atoms with van der Waals surface area (Å²) < 4.78 is 30.1. The fourth-order valence-electron chi connectivity index (χ4n) is 5.36. The zero-order valence-corrected chi connectivity index (χ0v) is 22.3. The van der Waals surface area contributed by atoms with Crippen LogP contribution in [0.15, 0.2) is 28.2 Å². The van der Waals surface area contributed by atoms with E-state index in [0.717, 1.165) is 78.5 Å². The van der Waals surface area contributed by atoms with Gasteiger partial charge in [0.15, 0.2) is 5.13 Å². The number of rotatable bonds is 5. The number of guanidine groups is 1. The number of hydrogen-bond donors (Lipinski definition) is 2. The van der Waals surface area contributed by atoms with Crippen molar-refractivity contribution in [3.8, 4) is 0 Å². The van der Waals surface area contributed by atoms with Gasteiger partial charge in [-0.3, -0.25) is 9.89 Å². The molecule has 9 nitrogen and oxygen atoms in total. The lowest BCUT2D eigenvalue weighted by Gasteiger charge is -2.39. The van der Waals surface area contributed by atoms with Gasteiger partial charge in [-0.15, -0.1) is 11.3 Å². The zero-order chi connectivity index (χ0) is 24.5. The fourth-order valence-corrected chi connectivity index (χ4v) is 7.63. The Bertz CT molecular complexity index is 1290. The summed E-state index contributed by atoms with van der Waals surface area (Å²) >= 11 is 1.60. The van der Waals surface area contributed by atoms with Gasteiger partial charge in [0.05, 0.1) is 22.0 Å². The van der Waals surface area contributed by atoms with Gasteiger partial charge >= 0.3 is 0 Å². The monoisotopic (exact) mass is 515 g/mol. The molecule has 1 saturated carbocycles. The number of thiazole rings is 1. The second-order valence-corrected chi connectivity index (χ2v) is 13.5. The number of aliphatic imine (C=N–C) groups is 1. The number of sulfonamides is 1. The number of hydrogen-bond acceptors (Lipinski definition) is 9. The van der Waals surface area contributed by atoms with Crippen LogP contribution in [0, 0.1) is 6.92 Å². The Morgan fingerprint density at radius 1 is 1.17 bits per heavy atom. The Labute approximate surface area is 211 Å². The van der Waals surface area contributed by atoms with Crippen molar-refractivity contribution in [2.24, 2.45) is 4.99 Å². The van der Waals surface area contributed by atoms with E-state index in [-0.39, 0.29) is 5.54 Å². The van der Waals surface area contributed by atoms with Crippen LogP contribution in [0.4, 0.5) is 22.2 Å². The molecule has 0 bridgehead atoms. The molecule has 4 aliphatic rings. The summed E-state index contributed by atoms with van der Waals surface area (Å²) in [6, 6.07) is 4.29. The number of aryl methyl sites for hydroxylation is 1. The first-order valence-corrected chi connectivity index (χ1v) is 14.7. The van der Waals surface area contributed by atoms with Crippen LogP contribution >= 0.6 is 11.3 Å². The van der Waals surface area contributed by atoms with Crippen molar-refractivity contribution in [1.29, 1.82) is 0 Å². The maximum Gasteiger partial charge on any atom is 0.241 e. The molecule has 188 valence electrons. The number of benzene rings is 1. The van der Waals surface area contributed by atoms with E-state index in [4.69, 9.17) is 4.99 Å². The number of anilines is 4. The van der Waals surface area contributed by atoms with Crippen LogP contribution in [0.25, 0.3) is 0 Å². The number of fused-ring (bicyclic) bond motifs is 3. The predicted octanol–water partition coefficient (Wildman–Crippen LogP) is 3.19. The van der Waals surface area contributed by atoms with E-state index in [1.807, 2.05) is 32.2 Å². The minimum Gasteiger partial charge on any atom is -0.367 e. The van der Waals surface area contributed by atoms with Crippen LogP contribution < -0.4 is 24.7 Å². The summed E-state index contributed by atoms with van der Waals surface area (Å²) in [6.07, 6.45) is 4.56. The molecule has 0 radical (unpaired) electrons. The Morgan fingerprint density at radius 2 is 1.89 bits per heavy atom. The van der Waals surface area contributed by atoms with Gasteiger partial charge in [0.2, 0.25) is 16.0 Å². The Kier molecular flexibility index (Phi) is 5.41. The summed E-state index contributed by atoms with van der Waals surface area (Å²) in [5, 5.41) is 4.41. The molecule has 0 amide bonds. The Hall–Kier alpha value is -2.21. The van der Waals surface area contributed by atoms with Gasteiger partial charge in [0, 0.05) is 54.9 Å². The Balaban J connectivity index is 1.56. The average Bonchev–Trinajstić information content (AvgIpc) is 3.21. The molecule has 1 saturated heterocycles. The van der Waals surface area contributed by atoms with E-state index in [0.29, 0.717) is 17.0 Å². The van der Waals surface area contributed by atoms with E-state index >= 15 is 0 Å². The van der Waals surface area contributed by atoms with E-state index in [9.17, 15) is 8.42 Å². The summed E-state index contributed by atoms with van der Waals surface area (Å²) in [5.74, 6) is 0.842. The molecule has 2 unspecified atom stereocenters. The van der Waals surface area contributed by atoms with Crippen LogP contribution in [0.5, 0.6) is 0 Å². The molecule has 4 heterocycles. The molecule has 2 aromatic rings. The lowest BCUT2D eigenvalue weighted by Crippen LogP contribution is -2.54. The lowest BCUT2D eigenvalue weighted by atomic mass is 10.1. The van der Waals surface area contributed by atoms with Crippen molar-refractivity contribution >= 4 is 49.5 Å².